The van der Waals surface area contributed by atoms with Gasteiger partial charge in [0, 0.05) is 5.69 Å². The maximum absolute atomic E-state index is 12.6. The summed E-state index contributed by atoms with van der Waals surface area (Å²) in [7, 11) is 0. The third-order valence-corrected chi connectivity index (χ3v) is 2.80. The van der Waals surface area contributed by atoms with Crippen LogP contribution in [-0.2, 0) is 6.18 Å². The molecule has 0 bridgehead atoms. The lowest BCUT2D eigenvalue weighted by Gasteiger charge is -2.13. The van der Waals surface area contributed by atoms with E-state index < -0.39 is 23.8 Å². The Morgan fingerprint density at radius 2 is 2.09 bits per heavy atom. The second-order valence-electron chi connectivity index (χ2n) is 4.68. The number of hydrogen-bond donors (Lipinski definition) is 3. The van der Waals surface area contributed by atoms with E-state index >= 15 is 0 Å². The maximum Gasteiger partial charge on any atom is 0.416 e. The van der Waals surface area contributed by atoms with Crippen LogP contribution in [0.1, 0.15) is 30.2 Å². The molecule has 118 valence electrons. The molecule has 9 heteroatoms. The van der Waals surface area contributed by atoms with Gasteiger partial charge in [0.25, 0.3) is 0 Å². The van der Waals surface area contributed by atoms with Gasteiger partial charge in [0.1, 0.15) is 5.82 Å². The van der Waals surface area contributed by atoms with Crippen LogP contribution in [0.4, 0.5) is 23.7 Å². The largest absolute Gasteiger partial charge is 0.416 e. The number of nitrogens with one attached hydrogen (secondary N) is 3. The Hall–Kier alpha value is -2.58. The van der Waals surface area contributed by atoms with E-state index in [4.69, 9.17) is 0 Å². The quantitative estimate of drug-likeness (QED) is 0.814. The zero-order chi connectivity index (χ0) is 16.3. The van der Waals surface area contributed by atoms with Crippen LogP contribution in [0.3, 0.4) is 0 Å². The zero-order valence-corrected chi connectivity index (χ0v) is 11.8. The molecule has 1 aromatic carbocycles. The van der Waals surface area contributed by atoms with Crippen LogP contribution in [-0.4, -0.2) is 21.2 Å². The van der Waals surface area contributed by atoms with Crippen LogP contribution in [0.5, 0.6) is 0 Å². The van der Waals surface area contributed by atoms with Gasteiger partial charge in [-0.2, -0.15) is 18.3 Å². The van der Waals surface area contributed by atoms with Crippen molar-refractivity contribution in [1.82, 2.24) is 20.5 Å². The number of amides is 2. The van der Waals surface area contributed by atoms with Gasteiger partial charge < -0.3 is 10.6 Å². The second-order valence-corrected chi connectivity index (χ2v) is 4.68. The monoisotopic (exact) mass is 313 g/mol. The first-order valence-electron chi connectivity index (χ1n) is 6.39. The number of aromatic amines is 1. The van der Waals surface area contributed by atoms with Gasteiger partial charge in [0.15, 0.2) is 5.82 Å². The van der Waals surface area contributed by atoms with Crippen LogP contribution in [0.15, 0.2) is 24.3 Å². The molecule has 1 atom stereocenters. The molecular formula is C13H14F3N5O. The topological polar surface area (TPSA) is 82.7 Å². The van der Waals surface area contributed by atoms with E-state index in [1.807, 2.05) is 0 Å². The molecule has 22 heavy (non-hydrogen) atoms. The Balaban J connectivity index is 2.00. The number of alkyl halides is 3. The predicted octanol–water partition coefficient (Wildman–Crippen LogP) is 3.01. The summed E-state index contributed by atoms with van der Waals surface area (Å²) in [6.45, 7) is 3.38. The number of benzene rings is 1. The molecule has 1 unspecified atom stereocenters. The number of carbonyl (C=O) groups is 1. The summed E-state index contributed by atoms with van der Waals surface area (Å²) >= 11 is 0. The summed E-state index contributed by atoms with van der Waals surface area (Å²) in [4.78, 5) is 15.9. The number of aryl methyl sites for hydroxylation is 1. The van der Waals surface area contributed by atoms with E-state index in [9.17, 15) is 18.0 Å². The molecule has 0 aliphatic heterocycles. The summed E-state index contributed by atoms with van der Waals surface area (Å²) < 4.78 is 37.8. The predicted molar refractivity (Wildman–Crippen MR) is 73.1 cm³/mol. The average molecular weight is 313 g/mol. The number of anilines is 1. The summed E-state index contributed by atoms with van der Waals surface area (Å²) in [6.07, 6.45) is -4.46. The van der Waals surface area contributed by atoms with Crippen LogP contribution < -0.4 is 10.6 Å². The van der Waals surface area contributed by atoms with Crippen LogP contribution >= 0.6 is 0 Å². The van der Waals surface area contributed by atoms with Crippen molar-refractivity contribution in [2.75, 3.05) is 5.32 Å². The molecular weight excluding hydrogens is 299 g/mol. The van der Waals surface area contributed by atoms with Crippen LogP contribution in [0.2, 0.25) is 0 Å². The number of hydrogen-bond acceptors (Lipinski definition) is 3. The summed E-state index contributed by atoms with van der Waals surface area (Å²) in [5, 5.41) is 11.4. The van der Waals surface area contributed by atoms with E-state index in [0.717, 1.165) is 12.1 Å². The molecule has 2 aromatic rings. The standard InChI is InChI=1S/C13H14F3N5O/c1-7(11-18-8(2)20-21-11)17-12(22)19-10-5-3-4-9(6-10)13(14,15)16/h3-7H,1-2H3,(H2,17,19,22)(H,18,20,21). The number of nitrogens with zero attached hydrogens (tertiary/aromatic N) is 2. The first kappa shape index (κ1) is 15.8. The highest BCUT2D eigenvalue weighted by Crippen LogP contribution is 2.30. The van der Waals surface area contributed by atoms with Crippen molar-refractivity contribution in [3.8, 4) is 0 Å². The van der Waals surface area contributed by atoms with Crippen molar-refractivity contribution < 1.29 is 18.0 Å². The number of H-pyrrole nitrogens is 1. The Labute approximate surface area is 124 Å². The number of aromatic nitrogens is 3. The fraction of sp³-hybridized carbons (Fsp3) is 0.308. The molecule has 0 saturated heterocycles. The molecule has 0 aliphatic rings. The highest BCUT2D eigenvalue weighted by Gasteiger charge is 2.30. The number of halogens is 3. The minimum atomic E-state index is -4.46. The molecule has 2 amide bonds. The molecule has 6 nitrogen and oxygen atoms in total. The van der Waals surface area contributed by atoms with Crippen LogP contribution in [0, 0.1) is 6.92 Å². The van der Waals surface area contributed by atoms with Gasteiger partial charge >= 0.3 is 12.2 Å². The first-order valence-corrected chi connectivity index (χ1v) is 6.39. The number of rotatable bonds is 3. The normalized spacial score (nSPS) is 12.8. The second kappa shape index (κ2) is 6.04. The number of urea groups is 1. The van der Waals surface area contributed by atoms with Crippen molar-refractivity contribution in [3.63, 3.8) is 0 Å². The fourth-order valence-corrected chi connectivity index (χ4v) is 1.76. The molecule has 0 fully saturated rings. The molecule has 0 spiro atoms. The summed E-state index contributed by atoms with van der Waals surface area (Å²) in [5.41, 5.74) is -0.784. The van der Waals surface area contributed by atoms with Crippen LogP contribution in [0.25, 0.3) is 0 Å². The van der Waals surface area contributed by atoms with E-state index in [-0.39, 0.29) is 5.69 Å². The molecule has 0 saturated carbocycles. The Kier molecular flexibility index (Phi) is 4.34. The van der Waals surface area contributed by atoms with Gasteiger partial charge in [-0.3, -0.25) is 5.10 Å². The minimum Gasteiger partial charge on any atom is -0.328 e. The van der Waals surface area contributed by atoms with Gasteiger partial charge in [0.05, 0.1) is 11.6 Å². The molecule has 0 aliphatic carbocycles. The highest BCUT2D eigenvalue weighted by molar-refractivity contribution is 5.89. The van der Waals surface area contributed by atoms with Gasteiger partial charge in [-0.15, -0.1) is 0 Å². The lowest BCUT2D eigenvalue weighted by Crippen LogP contribution is -2.31. The Morgan fingerprint density at radius 1 is 1.36 bits per heavy atom. The van der Waals surface area contributed by atoms with Crippen molar-refractivity contribution in [1.29, 1.82) is 0 Å². The third-order valence-electron chi connectivity index (χ3n) is 2.80. The highest BCUT2D eigenvalue weighted by atomic mass is 19.4. The lowest BCUT2D eigenvalue weighted by molar-refractivity contribution is -0.137. The lowest BCUT2D eigenvalue weighted by atomic mass is 10.2. The third kappa shape index (κ3) is 3.96. The van der Waals surface area contributed by atoms with Gasteiger partial charge in [-0.05, 0) is 32.0 Å². The average Bonchev–Trinajstić information content (AvgIpc) is 2.84. The van der Waals surface area contributed by atoms with Crippen molar-refractivity contribution in [3.05, 3.63) is 41.5 Å². The first-order chi connectivity index (χ1) is 10.3. The molecule has 0 radical (unpaired) electrons. The fourth-order valence-electron chi connectivity index (χ4n) is 1.76. The van der Waals surface area contributed by atoms with E-state index in [1.54, 1.807) is 13.8 Å². The van der Waals surface area contributed by atoms with Gasteiger partial charge in [-0.25, -0.2) is 9.78 Å². The minimum absolute atomic E-state index is 0.0469. The molecule has 3 N–H and O–H groups in total. The molecule has 1 heterocycles. The SMILES string of the molecule is Cc1nc(C(C)NC(=O)Nc2cccc(C(F)(F)F)c2)n[nH]1. The van der Waals surface area contributed by atoms with E-state index in [2.05, 4.69) is 25.8 Å². The molecule has 2 rings (SSSR count). The Bertz CT molecular complexity index is 668. The van der Waals surface area contributed by atoms with Crippen molar-refractivity contribution >= 4 is 11.7 Å². The summed E-state index contributed by atoms with van der Waals surface area (Å²) in [6, 6.07) is 3.25. The van der Waals surface area contributed by atoms with Gasteiger partial charge in [-0.1, -0.05) is 6.07 Å². The number of carbonyl (C=O) groups excluding carboxylic acids is 1. The van der Waals surface area contributed by atoms with E-state index in [0.29, 0.717) is 11.6 Å². The smallest absolute Gasteiger partial charge is 0.328 e. The zero-order valence-electron chi connectivity index (χ0n) is 11.8. The Morgan fingerprint density at radius 3 is 2.68 bits per heavy atom. The van der Waals surface area contributed by atoms with E-state index in [1.165, 1.54) is 12.1 Å². The maximum atomic E-state index is 12.6. The molecule has 1 aromatic heterocycles. The van der Waals surface area contributed by atoms with Gasteiger partial charge in [0.2, 0.25) is 0 Å². The van der Waals surface area contributed by atoms with Crippen molar-refractivity contribution in [2.24, 2.45) is 0 Å². The van der Waals surface area contributed by atoms with Crippen molar-refractivity contribution in [2.45, 2.75) is 26.1 Å². The summed E-state index contributed by atoms with van der Waals surface area (Å²) in [5.74, 6) is 0.985.